The minimum Gasteiger partial charge on any atom is -0.383 e. The second-order valence-corrected chi connectivity index (χ2v) is 8.51. The number of fused-ring (bicyclic) bond motifs is 1. The number of rotatable bonds is 7. The third kappa shape index (κ3) is 3.89. The summed E-state index contributed by atoms with van der Waals surface area (Å²) in [5.74, 6) is -0.764. The van der Waals surface area contributed by atoms with Crippen LogP contribution in [0.15, 0.2) is 29.4 Å². The van der Waals surface area contributed by atoms with E-state index in [9.17, 15) is 14.4 Å². The van der Waals surface area contributed by atoms with E-state index in [1.54, 1.807) is 7.11 Å². The van der Waals surface area contributed by atoms with Crippen LogP contribution in [0, 0.1) is 0 Å². The van der Waals surface area contributed by atoms with E-state index in [1.807, 2.05) is 28.8 Å². The van der Waals surface area contributed by atoms with Crippen molar-refractivity contribution in [3.63, 3.8) is 0 Å². The standard InChI is InChI=1S/C20H25N5O4S/c1-29-12-11-24-15-8-4-3-7-14(15)21-19(24)30-13-16(26)23-25-17(27)20(22-18(25)28)9-5-2-6-10-20/h3-4,7-8H,2,5-6,9-13H2,1H3,(H,22,28)(H,23,26). The second kappa shape index (κ2) is 8.65. The number of carbonyl (C=O) groups is 3. The number of hydrogen-bond donors (Lipinski definition) is 2. The molecule has 0 radical (unpaired) electrons. The average molecular weight is 432 g/mol. The van der Waals surface area contributed by atoms with Crippen LogP contribution in [0.4, 0.5) is 4.79 Å². The SMILES string of the molecule is COCCn1c(SCC(=O)NN2C(=O)NC3(CCCCC3)C2=O)nc2ccccc21. The number of urea groups is 1. The molecule has 1 aliphatic carbocycles. The zero-order chi connectivity index (χ0) is 21.1. The van der Waals surface area contributed by atoms with Crippen LogP contribution in [0.5, 0.6) is 0 Å². The summed E-state index contributed by atoms with van der Waals surface area (Å²) in [6.45, 7) is 1.13. The Kier molecular flexibility index (Phi) is 5.96. The number of hydrazine groups is 1. The Bertz CT molecular complexity index is 969. The van der Waals surface area contributed by atoms with E-state index >= 15 is 0 Å². The van der Waals surface area contributed by atoms with Crippen molar-refractivity contribution < 1.29 is 19.1 Å². The van der Waals surface area contributed by atoms with E-state index in [1.165, 1.54) is 11.8 Å². The van der Waals surface area contributed by atoms with Crippen molar-refractivity contribution in [3.8, 4) is 0 Å². The average Bonchev–Trinajstić information content (AvgIpc) is 3.21. The van der Waals surface area contributed by atoms with Crippen molar-refractivity contribution in [3.05, 3.63) is 24.3 Å². The lowest BCUT2D eigenvalue weighted by Crippen LogP contribution is -2.51. The number of aromatic nitrogens is 2. The van der Waals surface area contributed by atoms with E-state index in [0.717, 1.165) is 35.3 Å². The number of ether oxygens (including phenoxy) is 1. The van der Waals surface area contributed by atoms with Crippen molar-refractivity contribution in [1.29, 1.82) is 0 Å². The molecule has 1 aliphatic heterocycles. The molecule has 9 nitrogen and oxygen atoms in total. The van der Waals surface area contributed by atoms with Gasteiger partial charge in [-0.05, 0) is 25.0 Å². The van der Waals surface area contributed by atoms with Crippen LogP contribution < -0.4 is 10.7 Å². The fraction of sp³-hybridized carbons (Fsp3) is 0.500. The Morgan fingerprint density at radius 2 is 2.03 bits per heavy atom. The predicted octanol–water partition coefficient (Wildman–Crippen LogP) is 2.06. The lowest BCUT2D eigenvalue weighted by Gasteiger charge is -2.30. The predicted molar refractivity (Wildman–Crippen MR) is 112 cm³/mol. The molecule has 2 aliphatic rings. The van der Waals surface area contributed by atoms with Crippen molar-refractivity contribution in [2.45, 2.75) is 49.3 Å². The maximum atomic E-state index is 12.8. The van der Waals surface area contributed by atoms with Crippen LogP contribution >= 0.6 is 11.8 Å². The Hall–Kier alpha value is -2.59. The number of nitrogens with one attached hydrogen (secondary N) is 2. The van der Waals surface area contributed by atoms with Gasteiger partial charge >= 0.3 is 6.03 Å². The number of methoxy groups -OCH3 is 1. The van der Waals surface area contributed by atoms with E-state index in [4.69, 9.17) is 4.74 Å². The Morgan fingerprint density at radius 1 is 1.27 bits per heavy atom. The van der Waals surface area contributed by atoms with Gasteiger partial charge in [-0.3, -0.25) is 15.0 Å². The quantitative estimate of drug-likeness (QED) is 0.514. The maximum absolute atomic E-state index is 12.8. The van der Waals surface area contributed by atoms with Crippen molar-refractivity contribution in [1.82, 2.24) is 25.3 Å². The summed E-state index contributed by atoms with van der Waals surface area (Å²) in [5, 5.41) is 4.30. The highest BCUT2D eigenvalue weighted by Gasteiger charge is 2.52. The van der Waals surface area contributed by atoms with Crippen LogP contribution in [-0.4, -0.2) is 57.4 Å². The Morgan fingerprint density at radius 3 is 2.80 bits per heavy atom. The van der Waals surface area contributed by atoms with Crippen molar-refractivity contribution in [2.75, 3.05) is 19.5 Å². The van der Waals surface area contributed by atoms with E-state index < -0.39 is 17.5 Å². The summed E-state index contributed by atoms with van der Waals surface area (Å²) in [5.41, 5.74) is 3.41. The normalized spacial score (nSPS) is 18.2. The van der Waals surface area contributed by atoms with E-state index in [0.29, 0.717) is 31.1 Å². The largest absolute Gasteiger partial charge is 0.383 e. The zero-order valence-electron chi connectivity index (χ0n) is 16.8. The summed E-state index contributed by atoms with van der Waals surface area (Å²) >= 11 is 1.26. The van der Waals surface area contributed by atoms with Gasteiger partial charge in [0.25, 0.3) is 5.91 Å². The summed E-state index contributed by atoms with van der Waals surface area (Å²) in [4.78, 5) is 42.2. The molecule has 4 amide bonds. The topological polar surface area (TPSA) is 106 Å². The number of benzene rings is 1. The van der Waals surface area contributed by atoms with E-state index in [-0.39, 0.29) is 11.7 Å². The molecule has 1 saturated carbocycles. The lowest BCUT2D eigenvalue weighted by molar-refractivity contribution is -0.139. The first-order valence-electron chi connectivity index (χ1n) is 10.1. The number of imide groups is 1. The van der Waals surface area contributed by atoms with Gasteiger partial charge in [0.2, 0.25) is 5.91 Å². The summed E-state index contributed by atoms with van der Waals surface area (Å²) < 4.78 is 7.19. The fourth-order valence-corrected chi connectivity index (χ4v) is 4.90. The third-order valence-corrected chi connectivity index (χ3v) is 6.55. The van der Waals surface area contributed by atoms with Gasteiger partial charge in [0.15, 0.2) is 5.16 Å². The molecule has 160 valence electrons. The molecule has 1 saturated heterocycles. The fourth-order valence-electron chi connectivity index (χ4n) is 4.07. The van der Waals surface area contributed by atoms with Crippen molar-refractivity contribution >= 4 is 40.6 Å². The summed E-state index contributed by atoms with van der Waals surface area (Å²) in [6.07, 6.45) is 4.06. The van der Waals surface area contributed by atoms with Gasteiger partial charge in [0, 0.05) is 13.7 Å². The molecule has 0 unspecified atom stereocenters. The first-order chi connectivity index (χ1) is 14.5. The number of amides is 4. The monoisotopic (exact) mass is 431 g/mol. The Labute approximate surface area is 178 Å². The van der Waals surface area contributed by atoms with Crippen LogP contribution in [-0.2, 0) is 20.9 Å². The highest BCUT2D eigenvalue weighted by atomic mass is 32.2. The van der Waals surface area contributed by atoms with Gasteiger partial charge in [0.1, 0.15) is 5.54 Å². The van der Waals surface area contributed by atoms with Crippen LogP contribution in [0.1, 0.15) is 32.1 Å². The molecule has 4 rings (SSSR count). The molecule has 0 bridgehead atoms. The number of imidazole rings is 1. The first kappa shape index (κ1) is 20.7. The number of carbonyl (C=O) groups excluding carboxylic acids is 3. The highest BCUT2D eigenvalue weighted by molar-refractivity contribution is 7.99. The van der Waals surface area contributed by atoms with E-state index in [2.05, 4.69) is 15.7 Å². The molecule has 0 atom stereocenters. The minimum absolute atomic E-state index is 0.0281. The van der Waals surface area contributed by atoms with Gasteiger partial charge in [-0.15, -0.1) is 0 Å². The van der Waals surface area contributed by atoms with Gasteiger partial charge in [-0.25, -0.2) is 9.78 Å². The molecular formula is C20H25N5O4S. The first-order valence-corrected chi connectivity index (χ1v) is 11.1. The van der Waals surface area contributed by atoms with Crippen LogP contribution in [0.25, 0.3) is 11.0 Å². The van der Waals surface area contributed by atoms with Crippen molar-refractivity contribution in [2.24, 2.45) is 0 Å². The second-order valence-electron chi connectivity index (χ2n) is 7.56. The molecule has 2 N–H and O–H groups in total. The smallest absolute Gasteiger partial charge is 0.344 e. The molecule has 2 fully saturated rings. The number of thioether (sulfide) groups is 1. The van der Waals surface area contributed by atoms with Gasteiger partial charge < -0.3 is 14.6 Å². The van der Waals surface area contributed by atoms with Crippen LogP contribution in [0.3, 0.4) is 0 Å². The molecule has 2 aromatic rings. The molecule has 30 heavy (non-hydrogen) atoms. The van der Waals surface area contributed by atoms with Gasteiger partial charge in [-0.1, -0.05) is 43.2 Å². The molecule has 10 heteroatoms. The molecule has 1 spiro atoms. The molecule has 1 aromatic carbocycles. The van der Waals surface area contributed by atoms with Gasteiger partial charge in [0.05, 0.1) is 23.4 Å². The summed E-state index contributed by atoms with van der Waals surface area (Å²) in [7, 11) is 1.64. The highest BCUT2D eigenvalue weighted by Crippen LogP contribution is 2.33. The lowest BCUT2D eigenvalue weighted by atomic mass is 9.82. The number of para-hydroxylation sites is 2. The zero-order valence-corrected chi connectivity index (χ0v) is 17.7. The summed E-state index contributed by atoms with van der Waals surface area (Å²) in [6, 6.07) is 7.18. The Balaban J connectivity index is 1.42. The number of nitrogens with zero attached hydrogens (tertiary/aromatic N) is 3. The number of hydrogen-bond acceptors (Lipinski definition) is 6. The molecule has 2 heterocycles. The maximum Gasteiger partial charge on any atom is 0.344 e. The molecule has 1 aromatic heterocycles. The molecular weight excluding hydrogens is 406 g/mol. The van der Waals surface area contributed by atoms with Crippen LogP contribution in [0.2, 0.25) is 0 Å². The minimum atomic E-state index is -0.857. The van der Waals surface area contributed by atoms with Gasteiger partial charge in [-0.2, -0.15) is 5.01 Å². The third-order valence-electron chi connectivity index (χ3n) is 5.58.